The Hall–Kier alpha value is -1.10. The van der Waals surface area contributed by atoms with E-state index in [0.717, 1.165) is 24.1 Å². The van der Waals surface area contributed by atoms with Gasteiger partial charge in [0.1, 0.15) is 0 Å². The number of likely N-dealkylation sites (N-methyl/N-ethyl adjacent to an activating group) is 1. The van der Waals surface area contributed by atoms with Gasteiger partial charge in [0.25, 0.3) is 0 Å². The minimum Gasteiger partial charge on any atom is -0.330 e. The highest BCUT2D eigenvalue weighted by Crippen LogP contribution is 2.27. The molecule has 0 aliphatic heterocycles. The predicted molar refractivity (Wildman–Crippen MR) is 80.7 cm³/mol. The van der Waals surface area contributed by atoms with E-state index in [-0.39, 0.29) is 5.91 Å². The van der Waals surface area contributed by atoms with Crippen LogP contribution < -0.4 is 11.1 Å². The first kappa shape index (κ1) is 16.0. The fraction of sp³-hybridized carbons (Fsp3) is 0.500. The molecule has 4 nitrogen and oxygen atoms in total. The molecule has 1 aromatic carbocycles. The number of nitrogens with zero attached hydrogens (tertiary/aromatic N) is 1. The molecular weight excluding hydrogens is 262 g/mol. The van der Waals surface area contributed by atoms with Crippen LogP contribution in [-0.2, 0) is 4.79 Å². The maximum absolute atomic E-state index is 11.9. The van der Waals surface area contributed by atoms with Crippen LogP contribution in [0, 0.1) is 13.8 Å². The van der Waals surface area contributed by atoms with E-state index in [2.05, 4.69) is 5.32 Å². The van der Waals surface area contributed by atoms with Crippen LogP contribution in [0.4, 0.5) is 5.69 Å². The van der Waals surface area contributed by atoms with Crippen LogP contribution in [0.25, 0.3) is 0 Å². The first-order valence-corrected chi connectivity index (χ1v) is 6.77. The topological polar surface area (TPSA) is 58.4 Å². The summed E-state index contributed by atoms with van der Waals surface area (Å²) in [6, 6.07) is 3.85. The lowest BCUT2D eigenvalue weighted by Crippen LogP contribution is -2.31. The zero-order valence-electron chi connectivity index (χ0n) is 11.8. The molecule has 0 saturated heterocycles. The molecule has 5 heteroatoms. The number of hydrogen-bond acceptors (Lipinski definition) is 3. The lowest BCUT2D eigenvalue weighted by molar-refractivity contribution is -0.117. The van der Waals surface area contributed by atoms with Crippen molar-refractivity contribution >= 4 is 23.2 Å². The fourth-order valence-corrected chi connectivity index (χ4v) is 2.31. The summed E-state index contributed by atoms with van der Waals surface area (Å²) < 4.78 is 0. The van der Waals surface area contributed by atoms with Gasteiger partial charge < -0.3 is 11.1 Å². The third kappa shape index (κ3) is 5.19. The Bertz CT molecular complexity index is 425. The molecule has 0 atom stereocenters. The summed E-state index contributed by atoms with van der Waals surface area (Å²) >= 11 is 6.15. The van der Waals surface area contributed by atoms with E-state index in [0.29, 0.717) is 23.8 Å². The van der Waals surface area contributed by atoms with Gasteiger partial charge in [-0.1, -0.05) is 17.7 Å². The molecule has 19 heavy (non-hydrogen) atoms. The standard InChI is InChI=1S/C14H22ClN3O/c1-10-7-11(2)14(12(15)8-10)17-13(19)9-18(3)6-4-5-16/h7-8H,4-6,9,16H2,1-3H3,(H,17,19). The third-order valence-corrected chi connectivity index (χ3v) is 3.15. The molecule has 0 aromatic heterocycles. The number of nitrogens with one attached hydrogen (secondary N) is 1. The van der Waals surface area contributed by atoms with E-state index in [4.69, 9.17) is 17.3 Å². The molecule has 0 heterocycles. The minimum atomic E-state index is -0.0617. The smallest absolute Gasteiger partial charge is 0.238 e. The summed E-state index contributed by atoms with van der Waals surface area (Å²) in [5.74, 6) is -0.0617. The van der Waals surface area contributed by atoms with Gasteiger partial charge in [0.05, 0.1) is 17.3 Å². The van der Waals surface area contributed by atoms with Crippen molar-refractivity contribution in [1.29, 1.82) is 0 Å². The van der Waals surface area contributed by atoms with Gasteiger partial charge in [-0.3, -0.25) is 9.69 Å². The van der Waals surface area contributed by atoms with E-state index >= 15 is 0 Å². The Morgan fingerprint density at radius 1 is 1.42 bits per heavy atom. The zero-order chi connectivity index (χ0) is 14.4. The van der Waals surface area contributed by atoms with E-state index < -0.39 is 0 Å². The van der Waals surface area contributed by atoms with Crippen LogP contribution in [0.15, 0.2) is 12.1 Å². The van der Waals surface area contributed by atoms with Crippen LogP contribution >= 0.6 is 11.6 Å². The quantitative estimate of drug-likeness (QED) is 0.841. The molecule has 0 spiro atoms. The summed E-state index contributed by atoms with van der Waals surface area (Å²) in [7, 11) is 1.90. The normalized spacial score (nSPS) is 10.8. The fourth-order valence-electron chi connectivity index (χ4n) is 1.94. The van der Waals surface area contributed by atoms with Crippen molar-refractivity contribution in [3.63, 3.8) is 0 Å². The highest BCUT2D eigenvalue weighted by molar-refractivity contribution is 6.34. The second-order valence-corrected chi connectivity index (χ2v) is 5.27. The summed E-state index contributed by atoms with van der Waals surface area (Å²) in [6.45, 7) is 5.70. The van der Waals surface area contributed by atoms with Gasteiger partial charge in [0, 0.05) is 0 Å². The molecule has 1 aromatic rings. The molecule has 0 saturated carbocycles. The first-order valence-electron chi connectivity index (χ1n) is 6.39. The number of aryl methyl sites for hydroxylation is 2. The molecule has 0 aliphatic carbocycles. The van der Waals surface area contributed by atoms with Crippen molar-refractivity contribution in [1.82, 2.24) is 4.90 Å². The van der Waals surface area contributed by atoms with Gasteiger partial charge in [0.15, 0.2) is 0 Å². The Kier molecular flexibility index (Phi) is 6.28. The summed E-state index contributed by atoms with van der Waals surface area (Å²) in [5.41, 5.74) is 8.20. The number of anilines is 1. The highest BCUT2D eigenvalue weighted by atomic mass is 35.5. The van der Waals surface area contributed by atoms with Crippen LogP contribution in [0.5, 0.6) is 0 Å². The van der Waals surface area contributed by atoms with Gasteiger partial charge in [-0.05, 0) is 57.6 Å². The number of amides is 1. The number of benzene rings is 1. The second kappa shape index (κ2) is 7.48. The maximum atomic E-state index is 11.9. The zero-order valence-corrected chi connectivity index (χ0v) is 12.5. The van der Waals surface area contributed by atoms with Crippen LogP contribution in [0.1, 0.15) is 17.5 Å². The van der Waals surface area contributed by atoms with Crippen molar-refractivity contribution in [3.8, 4) is 0 Å². The maximum Gasteiger partial charge on any atom is 0.238 e. The monoisotopic (exact) mass is 283 g/mol. The minimum absolute atomic E-state index is 0.0617. The van der Waals surface area contributed by atoms with Crippen LogP contribution in [0.2, 0.25) is 5.02 Å². The number of halogens is 1. The lowest BCUT2D eigenvalue weighted by atomic mass is 10.1. The van der Waals surface area contributed by atoms with Crippen molar-refractivity contribution in [2.24, 2.45) is 5.73 Å². The van der Waals surface area contributed by atoms with E-state index in [1.807, 2.05) is 37.9 Å². The Morgan fingerprint density at radius 3 is 2.68 bits per heavy atom. The number of hydrogen-bond donors (Lipinski definition) is 2. The van der Waals surface area contributed by atoms with Crippen molar-refractivity contribution in [2.45, 2.75) is 20.3 Å². The highest BCUT2D eigenvalue weighted by Gasteiger charge is 2.11. The Balaban J connectivity index is 2.62. The molecule has 1 amide bonds. The van der Waals surface area contributed by atoms with Crippen molar-refractivity contribution < 1.29 is 4.79 Å². The van der Waals surface area contributed by atoms with E-state index in [1.54, 1.807) is 0 Å². The Morgan fingerprint density at radius 2 is 2.11 bits per heavy atom. The molecule has 106 valence electrons. The molecule has 0 bridgehead atoms. The second-order valence-electron chi connectivity index (χ2n) is 4.87. The summed E-state index contributed by atoms with van der Waals surface area (Å²) in [5, 5.41) is 3.45. The van der Waals surface area contributed by atoms with Gasteiger partial charge in [0.2, 0.25) is 5.91 Å². The number of carbonyl (C=O) groups is 1. The van der Waals surface area contributed by atoms with Crippen molar-refractivity contribution in [2.75, 3.05) is 32.0 Å². The number of rotatable bonds is 6. The van der Waals surface area contributed by atoms with Gasteiger partial charge in [-0.15, -0.1) is 0 Å². The Labute approximate surface area is 119 Å². The average Bonchev–Trinajstić information content (AvgIpc) is 2.31. The predicted octanol–water partition coefficient (Wildman–Crippen LogP) is 2.18. The van der Waals surface area contributed by atoms with Crippen LogP contribution in [0.3, 0.4) is 0 Å². The van der Waals surface area contributed by atoms with Gasteiger partial charge >= 0.3 is 0 Å². The van der Waals surface area contributed by atoms with E-state index in [9.17, 15) is 4.79 Å². The first-order chi connectivity index (χ1) is 8.93. The summed E-state index contributed by atoms with van der Waals surface area (Å²) in [4.78, 5) is 13.9. The third-order valence-electron chi connectivity index (χ3n) is 2.85. The molecular formula is C14H22ClN3O. The molecule has 1 rings (SSSR count). The van der Waals surface area contributed by atoms with Crippen molar-refractivity contribution in [3.05, 3.63) is 28.3 Å². The van der Waals surface area contributed by atoms with E-state index in [1.165, 1.54) is 0 Å². The molecule has 0 radical (unpaired) electrons. The van der Waals surface area contributed by atoms with Gasteiger partial charge in [-0.2, -0.15) is 0 Å². The summed E-state index contributed by atoms with van der Waals surface area (Å²) in [6.07, 6.45) is 0.883. The number of nitrogens with two attached hydrogens (primary N) is 1. The largest absolute Gasteiger partial charge is 0.330 e. The molecule has 0 unspecified atom stereocenters. The van der Waals surface area contributed by atoms with Gasteiger partial charge in [-0.25, -0.2) is 0 Å². The molecule has 0 fully saturated rings. The SMILES string of the molecule is Cc1cc(C)c(NC(=O)CN(C)CCCN)c(Cl)c1. The molecule has 0 aliphatic rings. The molecule has 3 N–H and O–H groups in total. The van der Waals surface area contributed by atoms with Crippen LogP contribution in [-0.4, -0.2) is 37.5 Å². The average molecular weight is 284 g/mol. The lowest BCUT2D eigenvalue weighted by Gasteiger charge is -2.17. The number of carbonyl (C=O) groups excluding carboxylic acids is 1.